The molecule has 1 aliphatic carbocycles. The number of likely N-dealkylation sites (N-methyl/N-ethyl adjacent to an activating group) is 1. The van der Waals surface area contributed by atoms with Crippen molar-refractivity contribution in [1.29, 1.82) is 0 Å². The van der Waals surface area contributed by atoms with Gasteiger partial charge in [-0.15, -0.1) is 0 Å². The highest BCUT2D eigenvalue weighted by molar-refractivity contribution is 6.03. The molecule has 1 amide bonds. The van der Waals surface area contributed by atoms with Crippen LogP contribution < -0.4 is 4.74 Å². The van der Waals surface area contributed by atoms with E-state index in [1.54, 1.807) is 5.01 Å². The summed E-state index contributed by atoms with van der Waals surface area (Å²) in [4.78, 5) is 15.7. The fraction of sp³-hybridized carbons (Fsp3) is 0.481. The van der Waals surface area contributed by atoms with Crippen LogP contribution in [0.2, 0.25) is 0 Å². The van der Waals surface area contributed by atoms with Gasteiger partial charge in [-0.05, 0) is 57.0 Å². The van der Waals surface area contributed by atoms with E-state index < -0.39 is 0 Å². The molecule has 1 fully saturated rings. The van der Waals surface area contributed by atoms with Gasteiger partial charge >= 0.3 is 0 Å². The van der Waals surface area contributed by atoms with Crippen LogP contribution in [0.25, 0.3) is 0 Å². The number of carbonyl (C=O) groups is 1. The molecule has 0 aromatic heterocycles. The molecule has 2 aliphatic rings. The molecule has 0 N–H and O–H groups in total. The van der Waals surface area contributed by atoms with Gasteiger partial charge < -0.3 is 4.74 Å². The van der Waals surface area contributed by atoms with Crippen LogP contribution in [0.4, 0.5) is 0 Å². The van der Waals surface area contributed by atoms with Crippen molar-refractivity contribution in [1.82, 2.24) is 9.91 Å². The molecule has 0 saturated heterocycles. The molecule has 5 nitrogen and oxygen atoms in total. The summed E-state index contributed by atoms with van der Waals surface area (Å²) < 4.78 is 5.60. The lowest BCUT2D eigenvalue weighted by Crippen LogP contribution is -2.41. The Hall–Kier alpha value is -2.66. The van der Waals surface area contributed by atoms with Crippen LogP contribution in [0.1, 0.15) is 68.2 Å². The first-order chi connectivity index (χ1) is 15.5. The van der Waals surface area contributed by atoms with Gasteiger partial charge in [-0.3, -0.25) is 9.69 Å². The van der Waals surface area contributed by atoms with Crippen molar-refractivity contribution in [3.8, 4) is 5.75 Å². The van der Waals surface area contributed by atoms with Gasteiger partial charge in [0.2, 0.25) is 0 Å². The van der Waals surface area contributed by atoms with Gasteiger partial charge in [-0.25, -0.2) is 5.01 Å². The van der Waals surface area contributed by atoms with Gasteiger partial charge in [-0.2, -0.15) is 5.10 Å². The normalized spacial score (nSPS) is 19.3. The topological polar surface area (TPSA) is 45.1 Å². The first-order valence-electron chi connectivity index (χ1n) is 11.9. The van der Waals surface area contributed by atoms with E-state index in [4.69, 9.17) is 9.84 Å². The predicted molar refractivity (Wildman–Crippen MR) is 129 cm³/mol. The van der Waals surface area contributed by atoms with Crippen molar-refractivity contribution in [2.24, 2.45) is 5.10 Å². The molecule has 1 heterocycles. The Bertz CT molecular complexity index is 930. The van der Waals surface area contributed by atoms with Crippen LogP contribution in [-0.4, -0.2) is 47.8 Å². The fourth-order valence-electron chi connectivity index (χ4n) is 4.81. The minimum atomic E-state index is -0.0887. The minimum Gasteiger partial charge on any atom is -0.494 e. The third-order valence-corrected chi connectivity index (χ3v) is 6.71. The number of hydrazone groups is 1. The van der Waals surface area contributed by atoms with Crippen LogP contribution >= 0.6 is 0 Å². The minimum absolute atomic E-state index is 0.0686. The molecule has 1 unspecified atom stereocenters. The number of ether oxygens (including phenoxy) is 1. The lowest BCUT2D eigenvalue weighted by Gasteiger charge is -2.32. The molecule has 0 radical (unpaired) electrons. The maximum absolute atomic E-state index is 13.4. The Morgan fingerprint density at radius 2 is 1.75 bits per heavy atom. The van der Waals surface area contributed by atoms with Crippen LogP contribution in [0.15, 0.2) is 53.6 Å². The Balaban J connectivity index is 1.56. The van der Waals surface area contributed by atoms with Gasteiger partial charge in [0.1, 0.15) is 5.75 Å². The van der Waals surface area contributed by atoms with E-state index >= 15 is 0 Å². The Morgan fingerprint density at radius 1 is 1.06 bits per heavy atom. The lowest BCUT2D eigenvalue weighted by atomic mass is 9.94. The van der Waals surface area contributed by atoms with E-state index in [2.05, 4.69) is 55.3 Å². The number of benzene rings is 2. The van der Waals surface area contributed by atoms with Crippen molar-refractivity contribution in [2.45, 2.75) is 64.5 Å². The molecule has 2 aromatic rings. The molecular weight excluding hydrogens is 398 g/mol. The molecule has 0 bridgehead atoms. The van der Waals surface area contributed by atoms with Crippen molar-refractivity contribution in [2.75, 3.05) is 20.2 Å². The number of carbonyl (C=O) groups excluding carboxylic acids is 1. The molecule has 1 atom stereocenters. The average Bonchev–Trinajstić information content (AvgIpc) is 3.26. The Labute approximate surface area is 192 Å². The van der Waals surface area contributed by atoms with Gasteiger partial charge in [0, 0.05) is 12.5 Å². The van der Waals surface area contributed by atoms with Crippen LogP contribution in [0.3, 0.4) is 0 Å². The predicted octanol–water partition coefficient (Wildman–Crippen LogP) is 5.34. The number of rotatable bonds is 7. The standard InChI is InChI=1S/C27H35N3O2/c1-4-32-24-16-14-22(15-17-24)26-18-25(21-12-10-20(2)11-13-21)28-30(26)27(31)19-29(3)23-8-6-5-7-9-23/h10-17,23,26H,4-9,18-19H2,1-3H3. The molecule has 4 rings (SSSR count). The molecule has 2 aromatic carbocycles. The van der Waals surface area contributed by atoms with E-state index in [0.717, 1.165) is 29.0 Å². The Kier molecular flexibility index (Phi) is 7.26. The second-order valence-corrected chi connectivity index (χ2v) is 9.08. The average molecular weight is 434 g/mol. The molecular formula is C27H35N3O2. The molecule has 1 saturated carbocycles. The molecule has 1 aliphatic heterocycles. The fourth-order valence-corrected chi connectivity index (χ4v) is 4.81. The maximum atomic E-state index is 13.4. The summed E-state index contributed by atoms with van der Waals surface area (Å²) in [5.74, 6) is 0.919. The van der Waals surface area contributed by atoms with Gasteiger partial charge in [0.15, 0.2) is 0 Å². The van der Waals surface area contributed by atoms with Crippen molar-refractivity contribution >= 4 is 11.6 Å². The van der Waals surface area contributed by atoms with Gasteiger partial charge in [-0.1, -0.05) is 61.2 Å². The highest BCUT2D eigenvalue weighted by Crippen LogP contribution is 2.34. The smallest absolute Gasteiger partial charge is 0.257 e. The number of nitrogens with zero attached hydrogens (tertiary/aromatic N) is 3. The number of amides is 1. The number of hydrogen-bond donors (Lipinski definition) is 0. The van der Waals surface area contributed by atoms with Gasteiger partial charge in [0.25, 0.3) is 5.91 Å². The van der Waals surface area contributed by atoms with E-state index in [9.17, 15) is 4.79 Å². The zero-order valence-corrected chi connectivity index (χ0v) is 19.6. The second-order valence-electron chi connectivity index (χ2n) is 9.08. The number of hydrogen-bond acceptors (Lipinski definition) is 4. The summed E-state index contributed by atoms with van der Waals surface area (Å²) in [6.45, 7) is 5.11. The highest BCUT2D eigenvalue weighted by atomic mass is 16.5. The molecule has 5 heteroatoms. The van der Waals surface area contributed by atoms with Crippen LogP contribution in [0.5, 0.6) is 5.75 Å². The summed E-state index contributed by atoms with van der Waals surface area (Å²) in [7, 11) is 2.08. The van der Waals surface area contributed by atoms with E-state index in [0.29, 0.717) is 19.2 Å². The van der Waals surface area contributed by atoms with E-state index in [-0.39, 0.29) is 11.9 Å². The Morgan fingerprint density at radius 3 is 2.41 bits per heavy atom. The SMILES string of the molecule is CCOc1ccc(C2CC(c3ccc(C)cc3)=NN2C(=O)CN(C)C2CCCCC2)cc1. The first kappa shape index (κ1) is 22.5. The van der Waals surface area contributed by atoms with Gasteiger partial charge in [0.05, 0.1) is 24.9 Å². The monoisotopic (exact) mass is 433 g/mol. The van der Waals surface area contributed by atoms with E-state index in [1.165, 1.54) is 37.7 Å². The molecule has 32 heavy (non-hydrogen) atoms. The zero-order valence-electron chi connectivity index (χ0n) is 19.6. The summed E-state index contributed by atoms with van der Waals surface area (Å²) in [6, 6.07) is 16.9. The summed E-state index contributed by atoms with van der Waals surface area (Å²) >= 11 is 0. The third-order valence-electron chi connectivity index (χ3n) is 6.71. The second kappa shape index (κ2) is 10.3. The first-order valence-corrected chi connectivity index (χ1v) is 11.9. The van der Waals surface area contributed by atoms with Crippen LogP contribution in [0, 0.1) is 6.92 Å². The third kappa shape index (κ3) is 5.21. The quantitative estimate of drug-likeness (QED) is 0.592. The van der Waals surface area contributed by atoms with Crippen molar-refractivity contribution in [3.63, 3.8) is 0 Å². The summed E-state index contributed by atoms with van der Waals surface area (Å²) in [5, 5.41) is 6.57. The highest BCUT2D eigenvalue weighted by Gasteiger charge is 2.34. The number of aryl methyl sites for hydroxylation is 1. The van der Waals surface area contributed by atoms with Crippen LogP contribution in [-0.2, 0) is 4.79 Å². The molecule has 0 spiro atoms. The maximum Gasteiger partial charge on any atom is 0.257 e. The molecule has 170 valence electrons. The summed E-state index contributed by atoms with van der Waals surface area (Å²) in [6.07, 6.45) is 6.92. The van der Waals surface area contributed by atoms with E-state index in [1.807, 2.05) is 19.1 Å². The van der Waals surface area contributed by atoms with Crippen molar-refractivity contribution < 1.29 is 9.53 Å². The lowest BCUT2D eigenvalue weighted by molar-refractivity contribution is -0.134. The largest absolute Gasteiger partial charge is 0.494 e. The summed E-state index contributed by atoms with van der Waals surface area (Å²) in [5.41, 5.74) is 4.37. The van der Waals surface area contributed by atoms with Crippen molar-refractivity contribution in [3.05, 3.63) is 65.2 Å². The zero-order chi connectivity index (χ0) is 22.5.